The summed E-state index contributed by atoms with van der Waals surface area (Å²) in [5.74, 6) is -0.170. The molecule has 0 bridgehead atoms. The summed E-state index contributed by atoms with van der Waals surface area (Å²) in [6, 6.07) is 13.6. The molecular formula is C21H28N4O2. The van der Waals surface area contributed by atoms with Gasteiger partial charge in [0.25, 0.3) is 5.91 Å². The number of likely N-dealkylation sites (N-methyl/N-ethyl adjacent to an activating group) is 1. The minimum absolute atomic E-state index is 0.0667. The summed E-state index contributed by atoms with van der Waals surface area (Å²) in [7, 11) is 4.23. The summed E-state index contributed by atoms with van der Waals surface area (Å²) in [6.07, 6.45) is 3.65. The second kappa shape index (κ2) is 8.97. The van der Waals surface area contributed by atoms with Gasteiger partial charge in [-0.2, -0.15) is 0 Å². The number of aromatic nitrogens is 1. The zero-order valence-corrected chi connectivity index (χ0v) is 16.1. The summed E-state index contributed by atoms with van der Waals surface area (Å²) in [4.78, 5) is 18.9. The first kappa shape index (κ1) is 19.3. The Balaban J connectivity index is 1.60. The lowest BCUT2D eigenvalue weighted by Gasteiger charge is -2.43. The molecule has 1 fully saturated rings. The lowest BCUT2D eigenvalue weighted by Crippen LogP contribution is -2.53. The van der Waals surface area contributed by atoms with E-state index >= 15 is 0 Å². The van der Waals surface area contributed by atoms with Crippen molar-refractivity contribution in [2.24, 2.45) is 0 Å². The summed E-state index contributed by atoms with van der Waals surface area (Å²) < 4.78 is 5.52. The van der Waals surface area contributed by atoms with Crippen LogP contribution in [0.4, 0.5) is 5.69 Å². The van der Waals surface area contributed by atoms with Crippen LogP contribution in [0.5, 0.6) is 0 Å². The lowest BCUT2D eigenvalue weighted by atomic mass is 9.88. The van der Waals surface area contributed by atoms with E-state index in [1.807, 2.05) is 42.5 Å². The number of hydrogen-bond donors (Lipinski definition) is 2. The number of carbonyl (C=O) groups is 1. The number of pyridine rings is 1. The minimum Gasteiger partial charge on any atom is -0.383 e. The molecule has 1 aromatic heterocycles. The molecule has 27 heavy (non-hydrogen) atoms. The van der Waals surface area contributed by atoms with Crippen LogP contribution in [0.25, 0.3) is 0 Å². The average molecular weight is 368 g/mol. The zero-order valence-electron chi connectivity index (χ0n) is 16.1. The number of carbonyl (C=O) groups excluding carboxylic acids is 1. The van der Waals surface area contributed by atoms with Crippen LogP contribution in [0.3, 0.4) is 0 Å². The van der Waals surface area contributed by atoms with Crippen molar-refractivity contribution < 1.29 is 9.53 Å². The predicted octanol–water partition coefficient (Wildman–Crippen LogP) is 2.53. The van der Waals surface area contributed by atoms with Crippen molar-refractivity contribution in [3.63, 3.8) is 0 Å². The van der Waals surface area contributed by atoms with Crippen LogP contribution < -0.4 is 10.6 Å². The van der Waals surface area contributed by atoms with Crippen molar-refractivity contribution in [3.8, 4) is 0 Å². The molecule has 1 amide bonds. The number of nitrogens with one attached hydrogen (secondary N) is 2. The van der Waals surface area contributed by atoms with Crippen molar-refractivity contribution in [3.05, 3.63) is 59.9 Å². The van der Waals surface area contributed by atoms with Gasteiger partial charge >= 0.3 is 0 Å². The fourth-order valence-electron chi connectivity index (χ4n) is 3.33. The fourth-order valence-corrected chi connectivity index (χ4v) is 3.33. The highest BCUT2D eigenvalue weighted by Crippen LogP contribution is 2.26. The van der Waals surface area contributed by atoms with Gasteiger partial charge in [0, 0.05) is 43.7 Å². The summed E-state index contributed by atoms with van der Waals surface area (Å²) >= 11 is 0. The highest BCUT2D eigenvalue weighted by Gasteiger charge is 2.34. The van der Waals surface area contributed by atoms with E-state index in [2.05, 4.69) is 34.6 Å². The van der Waals surface area contributed by atoms with Gasteiger partial charge in [-0.3, -0.25) is 9.78 Å². The van der Waals surface area contributed by atoms with Crippen molar-refractivity contribution >= 4 is 11.6 Å². The number of anilines is 1. The van der Waals surface area contributed by atoms with Gasteiger partial charge in [0.1, 0.15) is 5.69 Å². The highest BCUT2D eigenvalue weighted by atomic mass is 16.5. The number of ether oxygens (including phenoxy) is 1. The van der Waals surface area contributed by atoms with E-state index in [0.29, 0.717) is 12.2 Å². The Morgan fingerprint density at radius 2 is 1.93 bits per heavy atom. The van der Waals surface area contributed by atoms with Crippen LogP contribution in [-0.2, 0) is 11.3 Å². The first-order valence-electron chi connectivity index (χ1n) is 9.36. The normalized spacial score (nSPS) is 16.1. The molecule has 3 rings (SSSR count). The zero-order chi connectivity index (χ0) is 19.1. The van der Waals surface area contributed by atoms with Crippen molar-refractivity contribution in [1.82, 2.24) is 15.2 Å². The molecule has 0 radical (unpaired) electrons. The molecule has 1 saturated heterocycles. The lowest BCUT2D eigenvalue weighted by molar-refractivity contribution is -0.000628. The standard InChI is InChI=1S/C21H28N4O2/c1-25(2)21(9-12-27-13-10-21)16-24-18-8-11-22-19(14-18)20(26)23-15-17-6-4-3-5-7-17/h3-8,11,14H,9-10,12-13,15-16H2,1-2H3,(H,22,24)(H,23,26). The van der Waals surface area contributed by atoms with Gasteiger partial charge in [0.2, 0.25) is 0 Å². The minimum atomic E-state index is -0.170. The molecule has 0 aliphatic carbocycles. The van der Waals surface area contributed by atoms with Gasteiger partial charge in [-0.15, -0.1) is 0 Å². The van der Waals surface area contributed by atoms with Gasteiger partial charge in [0.05, 0.1) is 0 Å². The number of hydrogen-bond acceptors (Lipinski definition) is 5. The molecule has 1 aromatic carbocycles. The second-order valence-corrected chi connectivity index (χ2v) is 7.18. The van der Waals surface area contributed by atoms with Gasteiger partial charge < -0.3 is 20.3 Å². The smallest absolute Gasteiger partial charge is 0.270 e. The Hall–Kier alpha value is -2.44. The summed E-state index contributed by atoms with van der Waals surface area (Å²) in [5, 5.41) is 6.41. The summed E-state index contributed by atoms with van der Waals surface area (Å²) in [5.41, 5.74) is 2.45. The first-order chi connectivity index (χ1) is 13.1. The van der Waals surface area contributed by atoms with Gasteiger partial charge in [-0.05, 0) is 44.6 Å². The molecule has 0 spiro atoms. The molecule has 0 atom stereocenters. The summed E-state index contributed by atoms with van der Waals surface area (Å²) in [6.45, 7) is 2.86. The molecule has 0 unspecified atom stereocenters. The molecule has 2 aromatic rings. The van der Waals surface area contributed by atoms with E-state index in [1.165, 1.54) is 0 Å². The number of nitrogens with zero attached hydrogens (tertiary/aromatic N) is 2. The van der Waals surface area contributed by atoms with Crippen LogP contribution in [-0.4, -0.2) is 55.2 Å². The molecule has 1 aliphatic rings. The quantitative estimate of drug-likeness (QED) is 0.786. The van der Waals surface area contributed by atoms with Crippen molar-refractivity contribution in [1.29, 1.82) is 0 Å². The maximum absolute atomic E-state index is 12.4. The van der Waals surface area contributed by atoms with E-state index in [0.717, 1.165) is 43.9 Å². The second-order valence-electron chi connectivity index (χ2n) is 7.18. The fraction of sp³-hybridized carbons (Fsp3) is 0.429. The Labute approximate surface area is 160 Å². The Morgan fingerprint density at radius 1 is 1.19 bits per heavy atom. The molecule has 1 aliphatic heterocycles. The van der Waals surface area contributed by atoms with E-state index in [9.17, 15) is 4.79 Å². The average Bonchev–Trinajstić information content (AvgIpc) is 2.72. The van der Waals surface area contributed by atoms with Crippen LogP contribution in [0.2, 0.25) is 0 Å². The molecule has 144 valence electrons. The van der Waals surface area contributed by atoms with Crippen LogP contribution in [0.15, 0.2) is 48.7 Å². The third kappa shape index (κ3) is 5.05. The van der Waals surface area contributed by atoms with Gasteiger partial charge in [0.15, 0.2) is 0 Å². The monoisotopic (exact) mass is 368 g/mol. The third-order valence-corrected chi connectivity index (χ3v) is 5.28. The van der Waals surface area contributed by atoms with Gasteiger partial charge in [-0.1, -0.05) is 30.3 Å². The molecule has 0 saturated carbocycles. The number of amides is 1. The first-order valence-corrected chi connectivity index (χ1v) is 9.36. The van der Waals surface area contributed by atoms with Crippen LogP contribution >= 0.6 is 0 Å². The van der Waals surface area contributed by atoms with E-state index < -0.39 is 0 Å². The molecule has 6 nitrogen and oxygen atoms in total. The molecule has 2 heterocycles. The van der Waals surface area contributed by atoms with E-state index in [1.54, 1.807) is 6.20 Å². The van der Waals surface area contributed by atoms with Gasteiger partial charge in [-0.25, -0.2) is 0 Å². The molecular weight excluding hydrogens is 340 g/mol. The molecule has 2 N–H and O–H groups in total. The van der Waals surface area contributed by atoms with Crippen LogP contribution in [0, 0.1) is 0 Å². The predicted molar refractivity (Wildman–Crippen MR) is 107 cm³/mol. The maximum atomic E-state index is 12.4. The highest BCUT2D eigenvalue weighted by molar-refractivity contribution is 5.93. The SMILES string of the molecule is CN(C)C1(CNc2ccnc(C(=O)NCc3ccccc3)c2)CCOCC1. The number of benzene rings is 1. The topological polar surface area (TPSA) is 66.5 Å². The van der Waals surface area contributed by atoms with E-state index in [4.69, 9.17) is 4.74 Å². The van der Waals surface area contributed by atoms with E-state index in [-0.39, 0.29) is 11.4 Å². The van der Waals surface area contributed by atoms with Crippen LogP contribution in [0.1, 0.15) is 28.9 Å². The number of rotatable bonds is 7. The molecule has 6 heteroatoms. The van der Waals surface area contributed by atoms with Crippen molar-refractivity contribution in [2.75, 3.05) is 39.2 Å². The Bertz CT molecular complexity index is 743. The Morgan fingerprint density at radius 3 is 2.63 bits per heavy atom. The third-order valence-electron chi connectivity index (χ3n) is 5.28. The maximum Gasteiger partial charge on any atom is 0.270 e. The van der Waals surface area contributed by atoms with Crippen molar-refractivity contribution in [2.45, 2.75) is 24.9 Å². The largest absolute Gasteiger partial charge is 0.383 e. The Kier molecular flexibility index (Phi) is 6.42.